The summed E-state index contributed by atoms with van der Waals surface area (Å²) in [6.45, 7) is 8.85. The molecule has 0 fully saturated rings. The molecular weight excluding hydrogens is 249 g/mol. The molecule has 0 radical (unpaired) electrons. The summed E-state index contributed by atoms with van der Waals surface area (Å²) in [5.74, 6) is -0.137. The fourth-order valence-electron chi connectivity index (χ4n) is 2.44. The second kappa shape index (κ2) is 6.19. The van der Waals surface area contributed by atoms with Crippen LogP contribution in [-0.2, 0) is 6.54 Å². The Labute approximate surface area is 120 Å². The highest BCUT2D eigenvalue weighted by Crippen LogP contribution is 2.17. The van der Waals surface area contributed by atoms with Crippen molar-refractivity contribution in [3.05, 3.63) is 70.0 Å². The first-order valence-electron chi connectivity index (χ1n) is 7.02. The van der Waals surface area contributed by atoms with E-state index in [9.17, 15) is 4.39 Å². The molecule has 0 aromatic heterocycles. The fourth-order valence-corrected chi connectivity index (χ4v) is 2.44. The molecule has 2 rings (SSSR count). The highest BCUT2D eigenvalue weighted by atomic mass is 19.1. The van der Waals surface area contributed by atoms with Crippen LogP contribution in [0.25, 0.3) is 0 Å². The van der Waals surface area contributed by atoms with Crippen LogP contribution < -0.4 is 5.32 Å². The zero-order valence-electron chi connectivity index (χ0n) is 12.6. The number of aryl methyl sites for hydroxylation is 3. The van der Waals surface area contributed by atoms with Gasteiger partial charge in [-0.15, -0.1) is 0 Å². The molecule has 20 heavy (non-hydrogen) atoms. The third-order valence-electron chi connectivity index (χ3n) is 3.59. The minimum Gasteiger partial charge on any atom is -0.306 e. The standard InChI is InChI=1S/C18H22FN/c1-12-7-13(2)9-16(8-12)11-20-15(4)17-6-5-14(3)18(19)10-17/h5-10,15,20H,11H2,1-4H3. The summed E-state index contributed by atoms with van der Waals surface area (Å²) < 4.78 is 13.6. The predicted molar refractivity (Wildman–Crippen MR) is 82.3 cm³/mol. The summed E-state index contributed by atoms with van der Waals surface area (Å²) in [7, 11) is 0. The van der Waals surface area contributed by atoms with E-state index in [1.807, 2.05) is 12.1 Å². The minimum atomic E-state index is -0.137. The van der Waals surface area contributed by atoms with E-state index >= 15 is 0 Å². The van der Waals surface area contributed by atoms with Crippen molar-refractivity contribution in [3.8, 4) is 0 Å². The Morgan fingerprint density at radius 2 is 1.65 bits per heavy atom. The molecule has 1 N–H and O–H groups in total. The number of halogens is 1. The van der Waals surface area contributed by atoms with E-state index < -0.39 is 0 Å². The number of benzene rings is 2. The van der Waals surface area contributed by atoms with Crippen molar-refractivity contribution in [2.24, 2.45) is 0 Å². The fraction of sp³-hybridized carbons (Fsp3) is 0.333. The summed E-state index contributed by atoms with van der Waals surface area (Å²) in [6.07, 6.45) is 0. The summed E-state index contributed by atoms with van der Waals surface area (Å²) in [4.78, 5) is 0. The molecule has 0 spiro atoms. The lowest BCUT2D eigenvalue weighted by Gasteiger charge is -2.15. The molecular formula is C18H22FN. The Hall–Kier alpha value is -1.67. The van der Waals surface area contributed by atoms with Crippen LogP contribution in [0.15, 0.2) is 36.4 Å². The lowest BCUT2D eigenvalue weighted by Crippen LogP contribution is -2.18. The second-order valence-electron chi connectivity index (χ2n) is 5.61. The number of hydrogen-bond acceptors (Lipinski definition) is 1. The lowest BCUT2D eigenvalue weighted by molar-refractivity contribution is 0.563. The number of nitrogens with one attached hydrogen (secondary N) is 1. The van der Waals surface area contributed by atoms with Gasteiger partial charge in [0, 0.05) is 12.6 Å². The molecule has 106 valence electrons. The normalized spacial score (nSPS) is 12.4. The Balaban J connectivity index is 2.04. The molecule has 0 heterocycles. The van der Waals surface area contributed by atoms with Crippen LogP contribution in [0.5, 0.6) is 0 Å². The molecule has 1 nitrogen and oxygen atoms in total. The Morgan fingerprint density at radius 1 is 1.00 bits per heavy atom. The van der Waals surface area contributed by atoms with Crippen LogP contribution in [0, 0.1) is 26.6 Å². The predicted octanol–water partition coefficient (Wildman–Crippen LogP) is 4.60. The molecule has 0 saturated heterocycles. The monoisotopic (exact) mass is 271 g/mol. The first-order valence-corrected chi connectivity index (χ1v) is 7.02. The van der Waals surface area contributed by atoms with Gasteiger partial charge in [0.1, 0.15) is 5.82 Å². The maximum absolute atomic E-state index is 13.6. The molecule has 0 amide bonds. The van der Waals surface area contributed by atoms with Gasteiger partial charge in [-0.1, -0.05) is 41.5 Å². The quantitative estimate of drug-likeness (QED) is 0.856. The van der Waals surface area contributed by atoms with E-state index in [2.05, 4.69) is 44.3 Å². The van der Waals surface area contributed by atoms with Gasteiger partial charge in [-0.2, -0.15) is 0 Å². The average molecular weight is 271 g/mol. The van der Waals surface area contributed by atoms with E-state index in [4.69, 9.17) is 0 Å². The SMILES string of the molecule is Cc1cc(C)cc(CNC(C)c2ccc(C)c(F)c2)c1. The van der Waals surface area contributed by atoms with Gasteiger partial charge in [0.15, 0.2) is 0 Å². The molecule has 2 heteroatoms. The lowest BCUT2D eigenvalue weighted by atomic mass is 10.0. The summed E-state index contributed by atoms with van der Waals surface area (Å²) in [6, 6.07) is 12.1. The Bertz CT molecular complexity index is 584. The highest BCUT2D eigenvalue weighted by Gasteiger charge is 2.07. The van der Waals surface area contributed by atoms with Gasteiger partial charge < -0.3 is 5.32 Å². The van der Waals surface area contributed by atoms with Gasteiger partial charge in [-0.3, -0.25) is 0 Å². The van der Waals surface area contributed by atoms with Gasteiger partial charge in [0.05, 0.1) is 0 Å². The van der Waals surface area contributed by atoms with Crippen LogP contribution in [-0.4, -0.2) is 0 Å². The summed E-state index contributed by atoms with van der Waals surface area (Å²) in [5.41, 5.74) is 5.49. The molecule has 0 aliphatic rings. The first kappa shape index (κ1) is 14.7. The maximum atomic E-state index is 13.6. The van der Waals surface area contributed by atoms with Crippen LogP contribution in [0.3, 0.4) is 0 Å². The van der Waals surface area contributed by atoms with Gasteiger partial charge in [0.2, 0.25) is 0 Å². The van der Waals surface area contributed by atoms with Gasteiger partial charge >= 0.3 is 0 Å². The van der Waals surface area contributed by atoms with Crippen molar-refractivity contribution < 1.29 is 4.39 Å². The van der Waals surface area contributed by atoms with Crippen molar-refractivity contribution in [2.75, 3.05) is 0 Å². The average Bonchev–Trinajstić information content (AvgIpc) is 2.38. The minimum absolute atomic E-state index is 0.130. The molecule has 1 unspecified atom stereocenters. The number of rotatable bonds is 4. The molecule has 2 aromatic carbocycles. The molecule has 1 atom stereocenters. The van der Waals surface area contributed by atoms with Gasteiger partial charge in [-0.25, -0.2) is 4.39 Å². The first-order chi connectivity index (χ1) is 9.45. The van der Waals surface area contributed by atoms with Gasteiger partial charge in [0.25, 0.3) is 0 Å². The van der Waals surface area contributed by atoms with Crippen LogP contribution in [0.2, 0.25) is 0 Å². The van der Waals surface area contributed by atoms with Crippen molar-refractivity contribution >= 4 is 0 Å². The second-order valence-corrected chi connectivity index (χ2v) is 5.61. The topological polar surface area (TPSA) is 12.0 Å². The van der Waals surface area contributed by atoms with E-state index in [1.54, 1.807) is 13.0 Å². The molecule has 2 aromatic rings. The van der Waals surface area contributed by atoms with Gasteiger partial charge in [-0.05, 0) is 50.5 Å². The van der Waals surface area contributed by atoms with E-state index in [1.165, 1.54) is 16.7 Å². The Morgan fingerprint density at radius 3 is 2.25 bits per heavy atom. The molecule has 0 aliphatic carbocycles. The zero-order valence-corrected chi connectivity index (χ0v) is 12.6. The summed E-state index contributed by atoms with van der Waals surface area (Å²) >= 11 is 0. The van der Waals surface area contributed by atoms with E-state index in [0.717, 1.165) is 12.1 Å². The largest absolute Gasteiger partial charge is 0.306 e. The molecule has 0 aliphatic heterocycles. The maximum Gasteiger partial charge on any atom is 0.126 e. The molecule has 0 bridgehead atoms. The van der Waals surface area contributed by atoms with Crippen LogP contribution in [0.4, 0.5) is 4.39 Å². The molecule has 0 saturated carbocycles. The van der Waals surface area contributed by atoms with Crippen molar-refractivity contribution in [2.45, 2.75) is 40.3 Å². The third kappa shape index (κ3) is 3.67. The number of hydrogen-bond donors (Lipinski definition) is 1. The van der Waals surface area contributed by atoms with Crippen LogP contribution >= 0.6 is 0 Å². The van der Waals surface area contributed by atoms with Crippen molar-refractivity contribution in [3.63, 3.8) is 0 Å². The van der Waals surface area contributed by atoms with Crippen LogP contribution in [0.1, 0.15) is 40.8 Å². The van der Waals surface area contributed by atoms with Crippen molar-refractivity contribution in [1.29, 1.82) is 0 Å². The smallest absolute Gasteiger partial charge is 0.126 e. The van der Waals surface area contributed by atoms with E-state index in [0.29, 0.717) is 5.56 Å². The highest BCUT2D eigenvalue weighted by molar-refractivity contribution is 5.29. The Kier molecular flexibility index (Phi) is 4.56. The zero-order chi connectivity index (χ0) is 14.7. The third-order valence-corrected chi connectivity index (χ3v) is 3.59. The van der Waals surface area contributed by atoms with Crippen molar-refractivity contribution in [1.82, 2.24) is 5.32 Å². The summed E-state index contributed by atoms with van der Waals surface area (Å²) in [5, 5.41) is 3.45. The van der Waals surface area contributed by atoms with E-state index in [-0.39, 0.29) is 11.9 Å².